The lowest BCUT2D eigenvalue weighted by Crippen LogP contribution is -2.35. The summed E-state index contributed by atoms with van der Waals surface area (Å²) in [5.41, 5.74) is 0.814. The number of fused-ring (bicyclic) bond motifs is 1. The first-order chi connectivity index (χ1) is 14.4. The molecule has 2 N–H and O–H groups in total. The Kier molecular flexibility index (Phi) is 5.39. The van der Waals surface area contributed by atoms with Gasteiger partial charge in [0.15, 0.2) is 23.0 Å². The molecule has 1 saturated carbocycles. The van der Waals surface area contributed by atoms with E-state index in [2.05, 4.69) is 15.3 Å². The lowest BCUT2D eigenvalue weighted by atomic mass is 10.2. The van der Waals surface area contributed by atoms with E-state index in [-0.39, 0.29) is 23.9 Å². The van der Waals surface area contributed by atoms with Gasteiger partial charge >= 0.3 is 6.09 Å². The van der Waals surface area contributed by atoms with Gasteiger partial charge in [0.1, 0.15) is 12.1 Å². The van der Waals surface area contributed by atoms with Crippen LogP contribution >= 0.6 is 0 Å². The zero-order valence-corrected chi connectivity index (χ0v) is 16.0. The van der Waals surface area contributed by atoms with Crippen LogP contribution in [0.15, 0.2) is 28.8 Å². The number of benzene rings is 1. The fourth-order valence-corrected chi connectivity index (χ4v) is 2.79. The number of rotatable bonds is 8. The molecule has 158 valence electrons. The van der Waals surface area contributed by atoms with Crippen molar-refractivity contribution in [2.75, 3.05) is 13.2 Å². The summed E-state index contributed by atoms with van der Waals surface area (Å²) < 4.78 is 45.0. The van der Waals surface area contributed by atoms with Crippen LogP contribution in [0.5, 0.6) is 11.6 Å². The van der Waals surface area contributed by atoms with Crippen molar-refractivity contribution in [3.63, 3.8) is 0 Å². The van der Waals surface area contributed by atoms with Gasteiger partial charge in [-0.3, -0.25) is 0 Å². The number of halogens is 2. The monoisotopic (exact) mass is 419 g/mol. The van der Waals surface area contributed by atoms with Crippen LogP contribution in [0.2, 0.25) is 0 Å². The number of ether oxygens (including phenoxy) is 2. The van der Waals surface area contributed by atoms with E-state index in [9.17, 15) is 13.6 Å². The minimum absolute atomic E-state index is 0.0244. The van der Waals surface area contributed by atoms with Crippen LogP contribution in [-0.2, 0) is 0 Å². The molecule has 1 aliphatic rings. The van der Waals surface area contributed by atoms with Crippen LogP contribution in [0.3, 0.4) is 0 Å². The van der Waals surface area contributed by atoms with Crippen molar-refractivity contribution in [2.24, 2.45) is 5.92 Å². The molecule has 1 aromatic carbocycles. The quantitative estimate of drug-likeness (QED) is 0.568. The first-order valence-corrected chi connectivity index (χ1v) is 9.40. The molecule has 0 saturated heterocycles. The fourth-order valence-electron chi connectivity index (χ4n) is 2.79. The highest BCUT2D eigenvalue weighted by atomic mass is 19.1. The van der Waals surface area contributed by atoms with Gasteiger partial charge in [-0.05, 0) is 37.8 Å². The summed E-state index contributed by atoms with van der Waals surface area (Å²) in [6.07, 6.45) is 2.27. The number of hydrogen-bond acceptors (Lipinski definition) is 6. The number of aromatic nitrogens is 2. The fraction of sp³-hybridized carbons (Fsp3) is 0.350. The highest BCUT2D eigenvalue weighted by molar-refractivity contribution is 5.76. The van der Waals surface area contributed by atoms with Gasteiger partial charge in [-0.2, -0.15) is 0 Å². The Bertz CT molecular complexity index is 1060. The Morgan fingerprint density at radius 1 is 1.30 bits per heavy atom. The first-order valence-electron chi connectivity index (χ1n) is 9.40. The third-order valence-corrected chi connectivity index (χ3v) is 4.51. The van der Waals surface area contributed by atoms with E-state index < -0.39 is 29.5 Å². The molecule has 2 aromatic heterocycles. The van der Waals surface area contributed by atoms with Gasteiger partial charge in [-0.1, -0.05) is 0 Å². The molecular formula is C20H19F2N3O5. The van der Waals surface area contributed by atoms with Gasteiger partial charge in [0.2, 0.25) is 11.8 Å². The molecule has 8 nitrogen and oxygen atoms in total. The van der Waals surface area contributed by atoms with Crippen molar-refractivity contribution in [3.8, 4) is 23.1 Å². The first kappa shape index (κ1) is 19.9. The molecule has 1 atom stereocenters. The van der Waals surface area contributed by atoms with Gasteiger partial charge in [0.25, 0.3) is 0 Å². The second-order valence-electron chi connectivity index (χ2n) is 7.19. The van der Waals surface area contributed by atoms with E-state index in [0.717, 1.165) is 25.0 Å². The van der Waals surface area contributed by atoms with Crippen LogP contribution in [-0.4, -0.2) is 40.4 Å². The number of oxazole rings is 1. The van der Waals surface area contributed by atoms with E-state index in [0.29, 0.717) is 23.6 Å². The van der Waals surface area contributed by atoms with Crippen molar-refractivity contribution in [2.45, 2.75) is 25.8 Å². The number of amides is 1. The number of nitrogens with one attached hydrogen (secondary N) is 1. The molecule has 4 rings (SSSR count). The van der Waals surface area contributed by atoms with E-state index in [4.69, 9.17) is 19.0 Å². The number of hydrogen-bond donors (Lipinski definition) is 2. The molecular weight excluding hydrogens is 400 g/mol. The highest BCUT2D eigenvalue weighted by Gasteiger charge is 2.24. The van der Waals surface area contributed by atoms with Crippen LogP contribution in [0.25, 0.3) is 22.6 Å². The van der Waals surface area contributed by atoms with Crippen LogP contribution in [0.1, 0.15) is 19.8 Å². The second-order valence-corrected chi connectivity index (χ2v) is 7.19. The lowest BCUT2D eigenvalue weighted by molar-refractivity contribution is 0.182. The molecule has 10 heteroatoms. The molecule has 1 fully saturated rings. The Labute approximate surface area is 169 Å². The normalized spacial score (nSPS) is 14.5. The summed E-state index contributed by atoms with van der Waals surface area (Å²) in [5, 5.41) is 10.9. The van der Waals surface area contributed by atoms with Crippen molar-refractivity contribution in [3.05, 3.63) is 36.0 Å². The number of carboxylic acid groups (broad SMARTS) is 1. The molecule has 0 aliphatic heterocycles. The maximum absolute atomic E-state index is 14.3. The topological polar surface area (TPSA) is 107 Å². The summed E-state index contributed by atoms with van der Waals surface area (Å²) in [5.74, 6) is -1.46. The standard InChI is InChI=1S/C20H19F2N3O5/c1-10(24-20(26)27)8-28-17-6-16-15(7-23-17)25-19(30-16)12-4-13(21)18(14(22)5-12)29-9-11-2-3-11/h4-7,10-11,24H,2-3,8-9H2,1H3,(H,26,27)/t10-/m0/s1. The Morgan fingerprint density at radius 3 is 2.70 bits per heavy atom. The number of carbonyl (C=O) groups is 1. The molecule has 0 unspecified atom stereocenters. The van der Waals surface area contributed by atoms with Gasteiger partial charge in [0, 0.05) is 11.6 Å². The second kappa shape index (κ2) is 8.13. The van der Waals surface area contributed by atoms with Crippen molar-refractivity contribution in [1.82, 2.24) is 15.3 Å². The van der Waals surface area contributed by atoms with Crippen LogP contribution in [0.4, 0.5) is 13.6 Å². The van der Waals surface area contributed by atoms with E-state index in [1.165, 1.54) is 12.3 Å². The summed E-state index contributed by atoms with van der Waals surface area (Å²) >= 11 is 0. The van der Waals surface area contributed by atoms with Gasteiger partial charge in [0.05, 0.1) is 18.8 Å². The molecule has 1 amide bonds. The molecule has 1 aliphatic carbocycles. The third-order valence-electron chi connectivity index (χ3n) is 4.51. The average molecular weight is 419 g/mol. The molecule has 0 spiro atoms. The Balaban J connectivity index is 1.51. The molecule has 30 heavy (non-hydrogen) atoms. The van der Waals surface area contributed by atoms with Crippen LogP contribution in [0, 0.1) is 17.6 Å². The van der Waals surface area contributed by atoms with Gasteiger partial charge in [-0.15, -0.1) is 0 Å². The summed E-state index contributed by atoms with van der Waals surface area (Å²) in [4.78, 5) is 18.9. The zero-order valence-electron chi connectivity index (χ0n) is 16.0. The van der Waals surface area contributed by atoms with Gasteiger partial charge in [-0.25, -0.2) is 23.5 Å². The number of nitrogens with zero attached hydrogens (tertiary/aromatic N) is 2. The van der Waals surface area contributed by atoms with Crippen molar-refractivity contribution < 1.29 is 32.6 Å². The summed E-state index contributed by atoms with van der Waals surface area (Å²) in [6, 6.07) is 3.25. The van der Waals surface area contributed by atoms with Crippen molar-refractivity contribution in [1.29, 1.82) is 0 Å². The van der Waals surface area contributed by atoms with E-state index >= 15 is 0 Å². The minimum Gasteiger partial charge on any atom is -0.487 e. The van der Waals surface area contributed by atoms with Crippen LogP contribution < -0.4 is 14.8 Å². The maximum atomic E-state index is 14.3. The molecule has 2 heterocycles. The molecule has 3 aromatic rings. The predicted octanol–water partition coefficient (Wildman–Crippen LogP) is 3.99. The molecule has 0 bridgehead atoms. The zero-order chi connectivity index (χ0) is 21.3. The number of pyridine rings is 1. The Hall–Kier alpha value is -3.43. The Morgan fingerprint density at radius 2 is 2.03 bits per heavy atom. The van der Waals surface area contributed by atoms with E-state index in [1.54, 1.807) is 6.92 Å². The minimum atomic E-state index is -1.15. The van der Waals surface area contributed by atoms with Gasteiger partial charge < -0.3 is 24.3 Å². The highest BCUT2D eigenvalue weighted by Crippen LogP contribution is 2.34. The predicted molar refractivity (Wildman–Crippen MR) is 101 cm³/mol. The van der Waals surface area contributed by atoms with Crippen molar-refractivity contribution >= 4 is 17.2 Å². The average Bonchev–Trinajstić information content (AvgIpc) is 3.41. The SMILES string of the molecule is C[C@@H](COc1cc2oc(-c3cc(F)c(OCC4CC4)c(F)c3)nc2cn1)NC(=O)O. The third kappa shape index (κ3) is 4.58. The smallest absolute Gasteiger partial charge is 0.404 e. The largest absolute Gasteiger partial charge is 0.487 e. The summed E-state index contributed by atoms with van der Waals surface area (Å²) in [6.45, 7) is 2.00. The maximum Gasteiger partial charge on any atom is 0.404 e. The lowest BCUT2D eigenvalue weighted by Gasteiger charge is -2.11. The summed E-state index contributed by atoms with van der Waals surface area (Å²) in [7, 11) is 0. The molecule has 0 radical (unpaired) electrons. The van der Waals surface area contributed by atoms with E-state index in [1.807, 2.05) is 0 Å².